The minimum atomic E-state index is -1.28. The molecule has 0 atom stereocenters. The van der Waals surface area contributed by atoms with Crippen molar-refractivity contribution in [2.24, 2.45) is 0 Å². The van der Waals surface area contributed by atoms with Crippen LogP contribution in [0.3, 0.4) is 0 Å². The van der Waals surface area contributed by atoms with E-state index in [4.69, 9.17) is 4.74 Å². The fourth-order valence-electron chi connectivity index (χ4n) is 5.01. The van der Waals surface area contributed by atoms with Gasteiger partial charge in [0.1, 0.15) is 12.1 Å². The van der Waals surface area contributed by atoms with Gasteiger partial charge in [0, 0.05) is 11.3 Å². The maximum Gasteiger partial charge on any atom is 0.328 e. The lowest BCUT2D eigenvalue weighted by atomic mass is 9.65. The number of rotatable bonds is 7. The largest absolute Gasteiger partial charge is 0.459 e. The van der Waals surface area contributed by atoms with E-state index in [1.807, 2.05) is 91.0 Å². The smallest absolute Gasteiger partial charge is 0.328 e. The summed E-state index contributed by atoms with van der Waals surface area (Å²) < 4.78 is 8.73. The standard InChI is InChI=1S/C32H31N3O3/c1-23(21-33)32(25-15-9-6-10-16-25,26-17-11-7-12-18-26)29-24(2)34(22-28(36)38-31(3,4)5)35(30(29)37)27-19-13-8-14-20-27/h6-20H,1,22H2,2-5H3. The van der Waals surface area contributed by atoms with Gasteiger partial charge in [0.15, 0.2) is 0 Å². The summed E-state index contributed by atoms with van der Waals surface area (Å²) in [5.41, 5.74) is 0.821. The molecule has 1 aromatic heterocycles. The molecule has 0 saturated heterocycles. The molecule has 38 heavy (non-hydrogen) atoms. The van der Waals surface area contributed by atoms with Crippen LogP contribution in [-0.4, -0.2) is 20.9 Å². The van der Waals surface area contributed by atoms with Crippen LogP contribution in [0.5, 0.6) is 0 Å². The molecule has 0 bridgehead atoms. The van der Waals surface area contributed by atoms with Gasteiger partial charge >= 0.3 is 5.97 Å². The summed E-state index contributed by atoms with van der Waals surface area (Å²) in [6.45, 7) is 11.2. The van der Waals surface area contributed by atoms with Gasteiger partial charge in [-0.1, -0.05) is 85.4 Å². The molecule has 0 spiro atoms. The van der Waals surface area contributed by atoms with Crippen molar-refractivity contribution in [3.63, 3.8) is 0 Å². The zero-order chi connectivity index (χ0) is 27.5. The Bertz CT molecular complexity index is 1510. The summed E-state index contributed by atoms with van der Waals surface area (Å²) in [6.07, 6.45) is 0. The predicted molar refractivity (Wildman–Crippen MR) is 148 cm³/mol. The Morgan fingerprint density at radius 3 is 1.82 bits per heavy atom. The van der Waals surface area contributed by atoms with Crippen LogP contribution < -0.4 is 5.56 Å². The van der Waals surface area contributed by atoms with Gasteiger partial charge in [-0.25, -0.2) is 4.68 Å². The number of hydrogen-bond donors (Lipinski definition) is 0. The van der Waals surface area contributed by atoms with E-state index >= 15 is 0 Å². The molecule has 4 aromatic rings. The molecule has 0 aliphatic heterocycles. The third-order valence-corrected chi connectivity index (χ3v) is 6.47. The lowest BCUT2D eigenvalue weighted by Crippen LogP contribution is -2.37. The number of nitriles is 1. The van der Waals surface area contributed by atoms with Crippen molar-refractivity contribution in [1.29, 1.82) is 5.26 Å². The summed E-state index contributed by atoms with van der Waals surface area (Å²) in [6, 6.07) is 30.2. The highest BCUT2D eigenvalue weighted by molar-refractivity contribution is 5.70. The van der Waals surface area contributed by atoms with Crippen LogP contribution in [0, 0.1) is 18.3 Å². The molecule has 0 amide bonds. The Morgan fingerprint density at radius 1 is 0.895 bits per heavy atom. The Morgan fingerprint density at radius 2 is 1.37 bits per heavy atom. The van der Waals surface area contributed by atoms with Gasteiger partial charge < -0.3 is 4.74 Å². The van der Waals surface area contributed by atoms with Crippen molar-refractivity contribution in [1.82, 2.24) is 9.36 Å². The number of nitrogens with zero attached hydrogens (tertiary/aromatic N) is 3. The molecule has 0 aliphatic carbocycles. The molecule has 4 rings (SSSR count). The Hall–Kier alpha value is -4.63. The average Bonchev–Trinajstić information content (AvgIpc) is 3.14. The van der Waals surface area contributed by atoms with Gasteiger partial charge in [-0.15, -0.1) is 0 Å². The lowest BCUT2D eigenvalue weighted by molar-refractivity contribution is -0.155. The topological polar surface area (TPSA) is 77.0 Å². The summed E-state index contributed by atoms with van der Waals surface area (Å²) in [4.78, 5) is 27.6. The van der Waals surface area contributed by atoms with E-state index in [1.54, 1.807) is 32.4 Å². The van der Waals surface area contributed by atoms with Crippen LogP contribution in [0.4, 0.5) is 0 Å². The number of aromatic nitrogens is 2. The predicted octanol–water partition coefficient (Wildman–Crippen LogP) is 5.70. The molecule has 0 fully saturated rings. The van der Waals surface area contributed by atoms with Crippen molar-refractivity contribution in [2.45, 2.75) is 45.3 Å². The molecule has 192 valence electrons. The fourth-order valence-corrected chi connectivity index (χ4v) is 5.01. The van der Waals surface area contributed by atoms with Crippen LogP contribution in [0.2, 0.25) is 0 Å². The molecule has 6 heteroatoms. The van der Waals surface area contributed by atoms with Crippen molar-refractivity contribution in [3.8, 4) is 11.8 Å². The molecular weight excluding hydrogens is 474 g/mol. The highest BCUT2D eigenvalue weighted by atomic mass is 16.6. The molecule has 0 radical (unpaired) electrons. The highest BCUT2D eigenvalue weighted by Gasteiger charge is 2.45. The second-order valence-electron chi connectivity index (χ2n) is 10.1. The SMILES string of the molecule is C=C(C#N)C(c1ccccc1)(c1ccccc1)c1c(C)n(CC(=O)OC(C)(C)C)n(-c2ccccc2)c1=O. The van der Waals surface area contributed by atoms with Crippen LogP contribution in [0.1, 0.15) is 43.2 Å². The first-order chi connectivity index (χ1) is 18.1. The number of ether oxygens (including phenoxy) is 1. The van der Waals surface area contributed by atoms with Crippen molar-refractivity contribution in [3.05, 3.63) is 136 Å². The van der Waals surface area contributed by atoms with Crippen molar-refractivity contribution in [2.75, 3.05) is 0 Å². The molecule has 3 aromatic carbocycles. The lowest BCUT2D eigenvalue weighted by Gasteiger charge is -2.34. The normalized spacial score (nSPS) is 11.6. The molecule has 0 saturated carbocycles. The number of para-hydroxylation sites is 1. The summed E-state index contributed by atoms with van der Waals surface area (Å²) >= 11 is 0. The van der Waals surface area contributed by atoms with Crippen LogP contribution in [-0.2, 0) is 21.5 Å². The van der Waals surface area contributed by atoms with E-state index in [-0.39, 0.29) is 17.7 Å². The molecule has 0 unspecified atom stereocenters. The highest BCUT2D eigenvalue weighted by Crippen LogP contribution is 2.44. The summed E-state index contributed by atoms with van der Waals surface area (Å²) in [5, 5.41) is 10.3. The van der Waals surface area contributed by atoms with Gasteiger partial charge in [-0.05, 0) is 51.0 Å². The summed E-state index contributed by atoms with van der Waals surface area (Å²) in [7, 11) is 0. The Labute approximate surface area is 223 Å². The maximum absolute atomic E-state index is 14.5. The second kappa shape index (κ2) is 10.4. The monoisotopic (exact) mass is 505 g/mol. The first-order valence-electron chi connectivity index (χ1n) is 12.4. The zero-order valence-corrected chi connectivity index (χ0v) is 22.1. The van der Waals surface area contributed by atoms with Gasteiger partial charge in [0.05, 0.1) is 22.7 Å². The van der Waals surface area contributed by atoms with E-state index in [2.05, 4.69) is 12.6 Å². The number of esters is 1. The fraction of sp³-hybridized carbons (Fsp3) is 0.219. The average molecular weight is 506 g/mol. The quantitative estimate of drug-likeness (QED) is 0.238. The first-order valence-corrected chi connectivity index (χ1v) is 12.4. The molecular formula is C32H31N3O3. The number of allylic oxidation sites excluding steroid dienone is 1. The minimum Gasteiger partial charge on any atom is -0.459 e. The number of benzene rings is 3. The molecule has 1 heterocycles. The van der Waals surface area contributed by atoms with Gasteiger partial charge in [-0.3, -0.25) is 14.3 Å². The van der Waals surface area contributed by atoms with Crippen LogP contribution in [0.25, 0.3) is 5.69 Å². The summed E-state index contributed by atoms with van der Waals surface area (Å²) in [5.74, 6) is -0.476. The molecule has 0 N–H and O–H groups in total. The molecule has 0 aliphatic rings. The Balaban J connectivity index is 2.13. The minimum absolute atomic E-state index is 0.189. The van der Waals surface area contributed by atoms with E-state index < -0.39 is 17.0 Å². The van der Waals surface area contributed by atoms with E-state index in [1.165, 1.54) is 4.68 Å². The third kappa shape index (κ3) is 4.71. The van der Waals surface area contributed by atoms with Crippen LogP contribution >= 0.6 is 0 Å². The third-order valence-electron chi connectivity index (χ3n) is 6.47. The van der Waals surface area contributed by atoms with Gasteiger partial charge in [0.25, 0.3) is 5.56 Å². The maximum atomic E-state index is 14.5. The van der Waals surface area contributed by atoms with E-state index in [0.717, 1.165) is 11.1 Å². The van der Waals surface area contributed by atoms with E-state index in [9.17, 15) is 14.9 Å². The second-order valence-corrected chi connectivity index (χ2v) is 10.1. The van der Waals surface area contributed by atoms with Gasteiger partial charge in [-0.2, -0.15) is 5.26 Å². The number of carbonyl (C=O) groups is 1. The number of hydrogen-bond acceptors (Lipinski definition) is 4. The van der Waals surface area contributed by atoms with E-state index in [0.29, 0.717) is 16.9 Å². The first kappa shape index (κ1) is 26.4. The number of carbonyl (C=O) groups excluding carboxylic acids is 1. The molecule has 6 nitrogen and oxygen atoms in total. The Kier molecular flexibility index (Phi) is 7.23. The van der Waals surface area contributed by atoms with Gasteiger partial charge in [0.2, 0.25) is 0 Å². The zero-order valence-electron chi connectivity index (χ0n) is 22.1. The van der Waals surface area contributed by atoms with Crippen molar-refractivity contribution >= 4 is 5.97 Å². The van der Waals surface area contributed by atoms with Crippen LogP contribution in [0.15, 0.2) is 108 Å². The van der Waals surface area contributed by atoms with Crippen molar-refractivity contribution < 1.29 is 9.53 Å².